The summed E-state index contributed by atoms with van der Waals surface area (Å²) in [5.74, 6) is 0. The quantitative estimate of drug-likeness (QED) is 0.150. The highest BCUT2D eigenvalue weighted by Gasteiger charge is 2.19. The van der Waals surface area contributed by atoms with Crippen LogP contribution in [-0.4, -0.2) is 0 Å². The number of fused-ring (bicyclic) bond motifs is 3. The van der Waals surface area contributed by atoms with E-state index in [0.29, 0.717) is 0 Å². The zero-order valence-corrected chi connectivity index (χ0v) is 31.5. The van der Waals surface area contributed by atoms with Crippen LogP contribution in [0.1, 0.15) is 0 Å². The number of hydrogen-bond acceptors (Lipinski definition) is 2. The number of rotatable bonds is 8. The first-order valence-corrected chi connectivity index (χ1v) is 19.9. The molecule has 0 fully saturated rings. The molecule has 0 amide bonds. The van der Waals surface area contributed by atoms with Gasteiger partial charge in [-0.1, -0.05) is 182 Å². The van der Waals surface area contributed by atoms with Crippen molar-refractivity contribution < 1.29 is 0 Å². The molecule has 0 radical (unpaired) electrons. The molecule has 9 aromatic carbocycles. The maximum absolute atomic E-state index is 2.39. The second kappa shape index (κ2) is 14.7. The average molecular weight is 732 g/mol. The maximum atomic E-state index is 2.39. The second-order valence-electron chi connectivity index (χ2n) is 14.1. The molecule has 0 saturated carbocycles. The molecule has 0 unspecified atom stereocenters. The minimum absolute atomic E-state index is 1.10. The van der Waals surface area contributed by atoms with Crippen LogP contribution in [-0.2, 0) is 0 Å². The predicted octanol–water partition coefficient (Wildman–Crippen LogP) is 15.9. The number of thiophene rings is 1. The highest BCUT2D eigenvalue weighted by molar-refractivity contribution is 7.26. The third-order valence-corrected chi connectivity index (χ3v) is 11.9. The van der Waals surface area contributed by atoms with Crippen molar-refractivity contribution in [2.24, 2.45) is 0 Å². The summed E-state index contributed by atoms with van der Waals surface area (Å²) in [5.41, 5.74) is 15.4. The molecule has 0 aliphatic carbocycles. The van der Waals surface area contributed by atoms with E-state index in [0.717, 1.165) is 17.1 Å². The topological polar surface area (TPSA) is 3.24 Å². The van der Waals surface area contributed by atoms with Gasteiger partial charge in [-0.3, -0.25) is 0 Å². The van der Waals surface area contributed by atoms with Crippen LogP contribution in [0.5, 0.6) is 0 Å². The Hall–Kier alpha value is -7.00. The van der Waals surface area contributed by atoms with Crippen molar-refractivity contribution in [3.05, 3.63) is 224 Å². The molecule has 0 bridgehead atoms. The SMILES string of the molecule is c1ccc(-c2ccc(N(c3ccc(-c4ccc(-c5ccccc5)c(-c5cccc6c5sc5ccccc56)c4)cc3)c3ccccc3-c3ccccc3)cc2)cc1. The Morgan fingerprint density at radius 1 is 0.286 bits per heavy atom. The molecule has 10 aromatic rings. The highest BCUT2D eigenvalue weighted by Crippen LogP contribution is 2.45. The zero-order chi connectivity index (χ0) is 37.3. The molecule has 0 spiro atoms. The highest BCUT2D eigenvalue weighted by atomic mass is 32.1. The van der Waals surface area contributed by atoms with E-state index in [1.54, 1.807) is 0 Å². The summed E-state index contributed by atoms with van der Waals surface area (Å²) in [4.78, 5) is 2.38. The molecule has 264 valence electrons. The third kappa shape index (κ3) is 6.26. The molecule has 0 N–H and O–H groups in total. The molecular formula is C54H37NS. The summed E-state index contributed by atoms with van der Waals surface area (Å²) in [6.07, 6.45) is 0. The summed E-state index contributed by atoms with van der Waals surface area (Å²) in [5, 5.41) is 2.62. The van der Waals surface area contributed by atoms with Gasteiger partial charge in [0, 0.05) is 42.7 Å². The largest absolute Gasteiger partial charge is 0.310 e. The minimum atomic E-state index is 1.10. The Morgan fingerprint density at radius 3 is 1.45 bits per heavy atom. The number of para-hydroxylation sites is 1. The molecule has 56 heavy (non-hydrogen) atoms. The van der Waals surface area contributed by atoms with E-state index in [2.05, 4.69) is 229 Å². The lowest BCUT2D eigenvalue weighted by molar-refractivity contribution is 1.28. The fourth-order valence-corrected chi connectivity index (χ4v) is 9.20. The second-order valence-corrected chi connectivity index (χ2v) is 15.1. The monoisotopic (exact) mass is 731 g/mol. The van der Waals surface area contributed by atoms with Gasteiger partial charge < -0.3 is 4.90 Å². The smallest absolute Gasteiger partial charge is 0.0540 e. The minimum Gasteiger partial charge on any atom is -0.310 e. The molecule has 0 aliphatic rings. The van der Waals surface area contributed by atoms with E-state index < -0.39 is 0 Å². The Morgan fingerprint density at radius 2 is 0.768 bits per heavy atom. The summed E-state index contributed by atoms with van der Waals surface area (Å²) in [6, 6.07) is 81.2. The average Bonchev–Trinajstić information content (AvgIpc) is 3.67. The van der Waals surface area contributed by atoms with E-state index in [-0.39, 0.29) is 0 Å². The lowest BCUT2D eigenvalue weighted by atomic mass is 9.90. The van der Waals surface area contributed by atoms with Gasteiger partial charge in [0.25, 0.3) is 0 Å². The van der Waals surface area contributed by atoms with Crippen molar-refractivity contribution in [1.29, 1.82) is 0 Å². The summed E-state index contributed by atoms with van der Waals surface area (Å²) in [6.45, 7) is 0. The summed E-state index contributed by atoms with van der Waals surface area (Å²) >= 11 is 1.88. The predicted molar refractivity (Wildman–Crippen MR) is 241 cm³/mol. The molecule has 10 rings (SSSR count). The van der Waals surface area contributed by atoms with Crippen LogP contribution in [0.15, 0.2) is 224 Å². The first-order chi connectivity index (χ1) is 27.8. The standard InChI is InChI=1S/C54H37NS/c1-4-15-38(16-5-1)39-27-32-44(33-28-39)55(52-25-12-10-21-47(52)42-19-8-3-9-20-42)45-34-29-40(30-35-45)43-31-36-46(41-17-6-2-7-18-41)51(37-43)50-24-14-23-49-48-22-11-13-26-53(48)56-54(49)50/h1-37H. The molecule has 1 heterocycles. The van der Waals surface area contributed by atoms with E-state index in [4.69, 9.17) is 0 Å². The van der Waals surface area contributed by atoms with Gasteiger partial charge in [0.2, 0.25) is 0 Å². The van der Waals surface area contributed by atoms with Gasteiger partial charge in [0.05, 0.1) is 5.69 Å². The van der Waals surface area contributed by atoms with Gasteiger partial charge in [-0.25, -0.2) is 0 Å². The van der Waals surface area contributed by atoms with Crippen molar-refractivity contribution in [3.63, 3.8) is 0 Å². The van der Waals surface area contributed by atoms with Crippen LogP contribution in [0, 0.1) is 0 Å². The Kier molecular flexibility index (Phi) is 8.79. The van der Waals surface area contributed by atoms with Gasteiger partial charge >= 0.3 is 0 Å². The fraction of sp³-hybridized carbons (Fsp3) is 0. The molecule has 2 heteroatoms. The number of benzene rings is 9. The third-order valence-electron chi connectivity index (χ3n) is 10.7. The normalized spacial score (nSPS) is 11.2. The summed E-state index contributed by atoms with van der Waals surface area (Å²) < 4.78 is 2.64. The van der Waals surface area contributed by atoms with Gasteiger partial charge in [-0.05, 0) is 87.0 Å². The fourth-order valence-electron chi connectivity index (χ4n) is 7.97. The van der Waals surface area contributed by atoms with E-state index in [9.17, 15) is 0 Å². The Balaban J connectivity index is 1.09. The van der Waals surface area contributed by atoms with Gasteiger partial charge in [0.15, 0.2) is 0 Å². The van der Waals surface area contributed by atoms with Gasteiger partial charge in [-0.15, -0.1) is 11.3 Å². The molecule has 1 aromatic heterocycles. The molecule has 0 saturated heterocycles. The van der Waals surface area contributed by atoms with Crippen molar-refractivity contribution in [2.45, 2.75) is 0 Å². The van der Waals surface area contributed by atoms with Crippen molar-refractivity contribution in [3.8, 4) is 55.6 Å². The molecular weight excluding hydrogens is 695 g/mol. The van der Waals surface area contributed by atoms with Crippen LogP contribution in [0.25, 0.3) is 75.8 Å². The first kappa shape index (κ1) is 33.6. The lowest BCUT2D eigenvalue weighted by Gasteiger charge is -2.28. The van der Waals surface area contributed by atoms with E-state index >= 15 is 0 Å². The number of anilines is 3. The van der Waals surface area contributed by atoms with E-state index in [1.165, 1.54) is 75.8 Å². The lowest BCUT2D eigenvalue weighted by Crippen LogP contribution is -2.11. The number of hydrogen-bond donors (Lipinski definition) is 0. The van der Waals surface area contributed by atoms with Crippen molar-refractivity contribution in [2.75, 3.05) is 4.90 Å². The maximum Gasteiger partial charge on any atom is 0.0540 e. The van der Waals surface area contributed by atoms with Crippen LogP contribution in [0.3, 0.4) is 0 Å². The first-order valence-electron chi connectivity index (χ1n) is 19.1. The van der Waals surface area contributed by atoms with Gasteiger partial charge in [0.1, 0.15) is 0 Å². The van der Waals surface area contributed by atoms with Gasteiger partial charge in [-0.2, -0.15) is 0 Å². The molecule has 0 aliphatic heterocycles. The van der Waals surface area contributed by atoms with Crippen molar-refractivity contribution in [1.82, 2.24) is 0 Å². The van der Waals surface area contributed by atoms with Crippen LogP contribution < -0.4 is 4.90 Å². The number of nitrogens with zero attached hydrogens (tertiary/aromatic N) is 1. The van der Waals surface area contributed by atoms with E-state index in [1.807, 2.05) is 11.3 Å². The van der Waals surface area contributed by atoms with Crippen LogP contribution in [0.4, 0.5) is 17.1 Å². The zero-order valence-electron chi connectivity index (χ0n) is 30.7. The summed E-state index contributed by atoms with van der Waals surface area (Å²) in [7, 11) is 0. The van der Waals surface area contributed by atoms with Crippen LogP contribution >= 0.6 is 11.3 Å². The molecule has 1 nitrogen and oxygen atoms in total. The Labute approximate surface area is 332 Å². The molecule has 0 atom stereocenters. The van der Waals surface area contributed by atoms with Crippen LogP contribution in [0.2, 0.25) is 0 Å². The Bertz CT molecular complexity index is 2930. The van der Waals surface area contributed by atoms with Crippen molar-refractivity contribution >= 4 is 48.6 Å².